The Morgan fingerprint density at radius 3 is 2.47 bits per heavy atom. The van der Waals surface area contributed by atoms with Crippen LogP contribution in [-0.4, -0.2) is 54.1 Å². The number of benzene rings is 1. The largest absolute Gasteiger partial charge is 0.464 e. The Morgan fingerprint density at radius 2 is 1.73 bits per heavy atom. The van der Waals surface area contributed by atoms with Crippen molar-refractivity contribution in [2.45, 2.75) is 123 Å². The fourth-order valence-corrected chi connectivity index (χ4v) is 11.2. The van der Waals surface area contributed by atoms with Crippen LogP contribution in [0, 0.1) is 46.3 Å². The molecular formula is C38H60N2O4S. The number of thiol groups is 1. The molecule has 1 amide bonds. The zero-order chi connectivity index (χ0) is 32.2. The van der Waals surface area contributed by atoms with E-state index in [2.05, 4.69) is 44.0 Å². The molecule has 4 aliphatic rings. The maximum absolute atomic E-state index is 13.4. The molecular weight excluding hydrogens is 580 g/mol. The Morgan fingerprint density at radius 1 is 1.00 bits per heavy atom. The van der Waals surface area contributed by atoms with Gasteiger partial charge < -0.3 is 20.5 Å². The Kier molecular flexibility index (Phi) is 11.7. The molecule has 4 aliphatic carbocycles. The van der Waals surface area contributed by atoms with E-state index >= 15 is 0 Å². The summed E-state index contributed by atoms with van der Waals surface area (Å²) in [5.74, 6) is 4.29. The van der Waals surface area contributed by atoms with Gasteiger partial charge in [-0.1, -0.05) is 51.1 Å². The lowest BCUT2D eigenvalue weighted by Crippen LogP contribution is -2.54. The highest BCUT2D eigenvalue weighted by Gasteiger charge is 2.60. The number of rotatable bonds is 13. The smallest absolute Gasteiger partial charge is 0.329 e. The van der Waals surface area contributed by atoms with E-state index in [1.54, 1.807) is 6.92 Å². The van der Waals surface area contributed by atoms with Crippen molar-refractivity contribution in [2.75, 3.05) is 18.9 Å². The molecule has 1 aromatic rings. The molecule has 6 nitrogen and oxygen atoms in total. The number of nitrogens with one attached hydrogen (secondary N) is 2. The number of carbonyl (C=O) groups is 2. The topological polar surface area (TPSA) is 87.7 Å². The van der Waals surface area contributed by atoms with Crippen LogP contribution >= 0.6 is 12.6 Å². The Labute approximate surface area is 278 Å². The molecule has 0 heterocycles. The number of aliphatic hydroxyl groups excluding tert-OH is 1. The van der Waals surface area contributed by atoms with Crippen LogP contribution in [0.15, 0.2) is 30.3 Å². The predicted molar refractivity (Wildman–Crippen MR) is 184 cm³/mol. The Balaban J connectivity index is 1.16. The first kappa shape index (κ1) is 34.8. The van der Waals surface area contributed by atoms with Gasteiger partial charge in [-0.15, -0.1) is 0 Å². The summed E-state index contributed by atoms with van der Waals surface area (Å²) in [5, 5.41) is 16.8. The lowest BCUT2D eigenvalue weighted by Gasteiger charge is -2.61. The molecule has 0 bridgehead atoms. The van der Waals surface area contributed by atoms with Gasteiger partial charge in [-0.3, -0.25) is 4.79 Å². The molecule has 11 atom stereocenters. The fourth-order valence-electron chi connectivity index (χ4n) is 10.9. The zero-order valence-corrected chi connectivity index (χ0v) is 29.2. The van der Waals surface area contributed by atoms with Crippen molar-refractivity contribution in [3.05, 3.63) is 35.9 Å². The summed E-state index contributed by atoms with van der Waals surface area (Å²) < 4.78 is 5.14. The third-order valence-corrected chi connectivity index (χ3v) is 13.7. The van der Waals surface area contributed by atoms with Crippen molar-refractivity contribution < 1.29 is 19.4 Å². The molecule has 7 heteroatoms. The number of fused-ring (bicyclic) bond motifs is 5. The van der Waals surface area contributed by atoms with E-state index in [0.29, 0.717) is 23.2 Å². The molecule has 0 aromatic heterocycles. The third kappa shape index (κ3) is 7.46. The molecule has 45 heavy (non-hydrogen) atoms. The maximum Gasteiger partial charge on any atom is 0.329 e. The molecule has 3 N–H and O–H groups in total. The van der Waals surface area contributed by atoms with E-state index in [-0.39, 0.29) is 24.4 Å². The van der Waals surface area contributed by atoms with Gasteiger partial charge in [0, 0.05) is 5.75 Å². The van der Waals surface area contributed by atoms with E-state index < -0.39 is 18.1 Å². The first-order chi connectivity index (χ1) is 21.6. The van der Waals surface area contributed by atoms with E-state index in [1.165, 1.54) is 44.9 Å². The molecule has 0 spiro atoms. The summed E-state index contributed by atoms with van der Waals surface area (Å²) >= 11 is 4.29. The van der Waals surface area contributed by atoms with Gasteiger partial charge in [0.05, 0.1) is 18.8 Å². The molecule has 4 saturated carbocycles. The summed E-state index contributed by atoms with van der Waals surface area (Å²) in [7, 11) is 0. The number of hydrogen-bond donors (Lipinski definition) is 4. The quantitative estimate of drug-likeness (QED) is 0.111. The Bertz CT molecular complexity index is 1130. The first-order valence-corrected chi connectivity index (χ1v) is 18.8. The van der Waals surface area contributed by atoms with Crippen molar-refractivity contribution in [1.82, 2.24) is 10.6 Å². The highest BCUT2D eigenvalue weighted by molar-refractivity contribution is 7.80. The number of hydrogen-bond acceptors (Lipinski definition) is 6. The number of aliphatic hydroxyl groups is 1. The summed E-state index contributed by atoms with van der Waals surface area (Å²) in [5.41, 5.74) is 1.96. The van der Waals surface area contributed by atoms with Crippen LogP contribution < -0.4 is 10.6 Å². The third-order valence-electron chi connectivity index (χ3n) is 13.3. The standard InChI is InChI=1S/C38H60N2O4S/c1-5-44-36(43)34(24-45)40-35(42)33(22-26-11-7-6-8-12-26)39-21-9-10-25(2)30-15-16-31-29-14-13-27-23-28(41)17-19-37(27,3)32(29)18-20-38(30,31)4/h6-8,11-12,25,27-34,39,41,45H,5,9-10,13-24H2,1-4H3,(H,40,42)/t25-,27-,28-,29+,30-,31+,32+,33+,34+,37+,38-/m1/s1. The SMILES string of the molecule is CCOC(=O)[C@H](CS)NC(=O)[C@H](Cc1ccccc1)NCCC[C@@H](C)[C@H]1CC[C@H]2[C@@H]3CC[C@@H]4C[C@H](O)CC[C@]4(C)[C@H]3CC[C@]12C. The number of ether oxygens (including phenoxy) is 1. The summed E-state index contributed by atoms with van der Waals surface area (Å²) in [4.78, 5) is 25.7. The van der Waals surface area contributed by atoms with Gasteiger partial charge in [0.25, 0.3) is 0 Å². The van der Waals surface area contributed by atoms with Crippen molar-refractivity contribution in [3.63, 3.8) is 0 Å². The van der Waals surface area contributed by atoms with E-state index in [1.807, 2.05) is 30.3 Å². The van der Waals surface area contributed by atoms with Gasteiger partial charge in [0.1, 0.15) is 6.04 Å². The highest BCUT2D eigenvalue weighted by Crippen LogP contribution is 2.68. The lowest BCUT2D eigenvalue weighted by molar-refractivity contribution is -0.146. The summed E-state index contributed by atoms with van der Waals surface area (Å²) in [6.45, 7) is 10.5. The van der Waals surface area contributed by atoms with Crippen LogP contribution in [0.1, 0.15) is 104 Å². The number of esters is 1. The minimum absolute atomic E-state index is 0.0720. The molecule has 5 rings (SSSR count). The first-order valence-electron chi connectivity index (χ1n) is 18.1. The molecule has 0 radical (unpaired) electrons. The minimum Gasteiger partial charge on any atom is -0.464 e. The Hall–Kier alpha value is -1.57. The van der Waals surface area contributed by atoms with Gasteiger partial charge in [0.15, 0.2) is 0 Å². The molecule has 1 aromatic carbocycles. The molecule has 0 aliphatic heterocycles. The lowest BCUT2D eigenvalue weighted by atomic mass is 9.44. The average molecular weight is 641 g/mol. The van der Waals surface area contributed by atoms with E-state index in [0.717, 1.165) is 67.4 Å². The molecule has 0 saturated heterocycles. The van der Waals surface area contributed by atoms with Gasteiger partial charge in [-0.25, -0.2) is 4.79 Å². The zero-order valence-electron chi connectivity index (χ0n) is 28.3. The van der Waals surface area contributed by atoms with Gasteiger partial charge >= 0.3 is 5.97 Å². The molecule has 0 unspecified atom stereocenters. The van der Waals surface area contributed by atoms with Crippen molar-refractivity contribution >= 4 is 24.5 Å². The van der Waals surface area contributed by atoms with E-state index in [4.69, 9.17) is 4.74 Å². The van der Waals surface area contributed by atoms with Crippen LogP contribution in [0.4, 0.5) is 0 Å². The van der Waals surface area contributed by atoms with Gasteiger partial charge in [-0.2, -0.15) is 12.6 Å². The second-order valence-electron chi connectivity index (χ2n) is 15.6. The van der Waals surface area contributed by atoms with Gasteiger partial charge in [0.2, 0.25) is 5.91 Å². The maximum atomic E-state index is 13.4. The number of carbonyl (C=O) groups excluding carboxylic acids is 2. The van der Waals surface area contributed by atoms with Crippen LogP contribution in [0.5, 0.6) is 0 Å². The molecule has 252 valence electrons. The monoisotopic (exact) mass is 640 g/mol. The predicted octanol–water partition coefficient (Wildman–Crippen LogP) is 6.60. The van der Waals surface area contributed by atoms with Crippen LogP contribution in [0.2, 0.25) is 0 Å². The molecule has 4 fully saturated rings. The number of amides is 1. The summed E-state index contributed by atoms with van der Waals surface area (Å²) in [6, 6.07) is 8.88. The van der Waals surface area contributed by atoms with Crippen molar-refractivity contribution in [1.29, 1.82) is 0 Å². The average Bonchev–Trinajstić information content (AvgIpc) is 3.39. The minimum atomic E-state index is -0.755. The van der Waals surface area contributed by atoms with Gasteiger partial charge in [-0.05, 0) is 142 Å². The van der Waals surface area contributed by atoms with Crippen LogP contribution in [-0.2, 0) is 20.7 Å². The second kappa shape index (κ2) is 15.1. The normalized spacial score (nSPS) is 36.1. The van der Waals surface area contributed by atoms with E-state index in [9.17, 15) is 14.7 Å². The van der Waals surface area contributed by atoms with Crippen LogP contribution in [0.3, 0.4) is 0 Å². The van der Waals surface area contributed by atoms with Crippen molar-refractivity contribution in [3.8, 4) is 0 Å². The van der Waals surface area contributed by atoms with Crippen LogP contribution in [0.25, 0.3) is 0 Å². The fraction of sp³-hybridized carbons (Fsp3) is 0.789. The second-order valence-corrected chi connectivity index (χ2v) is 16.0. The van der Waals surface area contributed by atoms with Crippen molar-refractivity contribution in [2.24, 2.45) is 46.3 Å². The summed E-state index contributed by atoms with van der Waals surface area (Å²) in [6.07, 6.45) is 14.1. The highest BCUT2D eigenvalue weighted by atomic mass is 32.1.